The number of carbonyl (C=O) groups is 1. The number of amides is 1. The molecule has 0 spiro atoms. The number of rotatable bonds is 5. The van der Waals surface area contributed by atoms with E-state index in [2.05, 4.69) is 20.3 Å². The van der Waals surface area contributed by atoms with Crippen molar-refractivity contribution >= 4 is 22.8 Å². The maximum absolute atomic E-state index is 12.4. The number of benzene rings is 1. The second-order valence-corrected chi connectivity index (χ2v) is 5.61. The van der Waals surface area contributed by atoms with Gasteiger partial charge in [-0.1, -0.05) is 12.1 Å². The summed E-state index contributed by atoms with van der Waals surface area (Å²) in [5.41, 5.74) is 1.19. The van der Waals surface area contributed by atoms with E-state index in [0.29, 0.717) is 23.4 Å². The Morgan fingerprint density at radius 1 is 1.20 bits per heavy atom. The van der Waals surface area contributed by atoms with Crippen molar-refractivity contribution in [2.24, 2.45) is 0 Å². The molecule has 128 valence electrons. The number of aromatic nitrogens is 4. The van der Waals surface area contributed by atoms with Gasteiger partial charge in [0.25, 0.3) is 5.56 Å². The van der Waals surface area contributed by atoms with E-state index in [-0.39, 0.29) is 18.0 Å². The Hall–Kier alpha value is -3.29. The number of para-hydroxylation sites is 1. The van der Waals surface area contributed by atoms with Crippen LogP contribution in [0.5, 0.6) is 0 Å². The Morgan fingerprint density at radius 2 is 1.92 bits per heavy atom. The molecule has 25 heavy (non-hydrogen) atoms. The Bertz CT molecular complexity index is 951. The van der Waals surface area contributed by atoms with Crippen molar-refractivity contribution in [1.29, 1.82) is 0 Å². The molecule has 0 saturated carbocycles. The highest BCUT2D eigenvalue weighted by atomic mass is 16.2. The summed E-state index contributed by atoms with van der Waals surface area (Å²) in [5.74, 6) is 0.323. The Kier molecular flexibility index (Phi) is 4.69. The molecule has 0 bridgehead atoms. The predicted molar refractivity (Wildman–Crippen MR) is 94.1 cm³/mol. The van der Waals surface area contributed by atoms with Crippen LogP contribution in [0, 0.1) is 0 Å². The third kappa shape index (κ3) is 3.63. The maximum atomic E-state index is 12.4. The number of nitrogens with zero attached hydrogens (tertiary/aromatic N) is 5. The summed E-state index contributed by atoms with van der Waals surface area (Å²) in [4.78, 5) is 38.8. The summed E-state index contributed by atoms with van der Waals surface area (Å²) in [6.07, 6.45) is 4.72. The summed E-state index contributed by atoms with van der Waals surface area (Å²) < 4.78 is 1.32. The lowest BCUT2D eigenvalue weighted by molar-refractivity contribution is -0.131. The highest BCUT2D eigenvalue weighted by Gasteiger charge is 2.13. The third-order valence-electron chi connectivity index (χ3n) is 3.81. The van der Waals surface area contributed by atoms with Gasteiger partial charge in [0.15, 0.2) is 0 Å². The molecular formula is C17H18N6O2. The monoisotopic (exact) mass is 338 g/mol. The molecule has 1 amide bonds. The van der Waals surface area contributed by atoms with Crippen molar-refractivity contribution in [3.8, 4) is 0 Å². The van der Waals surface area contributed by atoms with Gasteiger partial charge in [-0.15, -0.1) is 0 Å². The van der Waals surface area contributed by atoms with Gasteiger partial charge in [-0.25, -0.2) is 15.0 Å². The quantitative estimate of drug-likeness (QED) is 0.742. The van der Waals surface area contributed by atoms with E-state index in [1.165, 1.54) is 15.8 Å². The number of nitrogens with one attached hydrogen (secondary N) is 1. The van der Waals surface area contributed by atoms with Gasteiger partial charge in [0.1, 0.15) is 6.54 Å². The van der Waals surface area contributed by atoms with Crippen LogP contribution in [0.15, 0.2) is 47.8 Å². The van der Waals surface area contributed by atoms with Gasteiger partial charge < -0.3 is 10.2 Å². The van der Waals surface area contributed by atoms with Gasteiger partial charge in [-0.3, -0.25) is 14.2 Å². The molecule has 0 atom stereocenters. The molecule has 3 rings (SSSR count). The molecule has 3 aromatic rings. The predicted octanol–water partition coefficient (Wildman–Crippen LogP) is 0.887. The lowest BCUT2D eigenvalue weighted by atomic mass is 10.2. The summed E-state index contributed by atoms with van der Waals surface area (Å²) in [7, 11) is 3.41. The standard InChI is InChI=1S/C17H18N6O2/c1-18-17-19-7-12(8-20-17)9-22(2)15(24)10-23-11-21-14-6-4-3-5-13(14)16(23)25/h3-8,11H,9-10H2,1-2H3,(H,18,19,20). The molecule has 8 heteroatoms. The molecule has 0 saturated heterocycles. The highest BCUT2D eigenvalue weighted by Crippen LogP contribution is 2.06. The molecule has 0 aliphatic rings. The van der Waals surface area contributed by atoms with E-state index in [9.17, 15) is 9.59 Å². The lowest BCUT2D eigenvalue weighted by Gasteiger charge is -2.17. The largest absolute Gasteiger partial charge is 0.357 e. The van der Waals surface area contributed by atoms with Crippen molar-refractivity contribution in [2.75, 3.05) is 19.4 Å². The third-order valence-corrected chi connectivity index (χ3v) is 3.81. The molecule has 0 fully saturated rings. The van der Waals surface area contributed by atoms with Crippen LogP contribution in [-0.2, 0) is 17.9 Å². The van der Waals surface area contributed by atoms with Gasteiger partial charge in [0.05, 0.1) is 17.2 Å². The summed E-state index contributed by atoms with van der Waals surface area (Å²) in [6.45, 7) is 0.293. The van der Waals surface area contributed by atoms with Crippen LogP contribution < -0.4 is 10.9 Å². The molecule has 0 radical (unpaired) electrons. The molecule has 0 aliphatic carbocycles. The SMILES string of the molecule is CNc1ncc(CN(C)C(=O)Cn2cnc3ccccc3c2=O)cn1. The Balaban J connectivity index is 1.72. The summed E-state index contributed by atoms with van der Waals surface area (Å²) in [5, 5.41) is 3.33. The zero-order valence-electron chi connectivity index (χ0n) is 14.0. The summed E-state index contributed by atoms with van der Waals surface area (Å²) >= 11 is 0. The van der Waals surface area contributed by atoms with Gasteiger partial charge in [-0.05, 0) is 12.1 Å². The number of fused-ring (bicyclic) bond motifs is 1. The van der Waals surface area contributed by atoms with Crippen molar-refractivity contribution in [3.05, 3.63) is 58.9 Å². The Morgan fingerprint density at radius 3 is 2.64 bits per heavy atom. The van der Waals surface area contributed by atoms with E-state index in [1.54, 1.807) is 44.7 Å². The van der Waals surface area contributed by atoms with Crippen LogP contribution in [0.4, 0.5) is 5.95 Å². The second-order valence-electron chi connectivity index (χ2n) is 5.61. The number of anilines is 1. The topological polar surface area (TPSA) is 93.0 Å². The molecule has 0 aliphatic heterocycles. The number of hydrogen-bond acceptors (Lipinski definition) is 6. The van der Waals surface area contributed by atoms with E-state index in [4.69, 9.17) is 0 Å². The van der Waals surface area contributed by atoms with Crippen molar-refractivity contribution in [2.45, 2.75) is 13.1 Å². The van der Waals surface area contributed by atoms with E-state index in [1.807, 2.05) is 6.07 Å². The van der Waals surface area contributed by atoms with Crippen LogP contribution in [0.25, 0.3) is 10.9 Å². The van der Waals surface area contributed by atoms with Gasteiger partial charge >= 0.3 is 0 Å². The number of hydrogen-bond donors (Lipinski definition) is 1. The second kappa shape index (κ2) is 7.08. The number of likely N-dealkylation sites (N-methyl/N-ethyl adjacent to an activating group) is 1. The van der Waals surface area contributed by atoms with Crippen LogP contribution >= 0.6 is 0 Å². The molecule has 1 N–H and O–H groups in total. The molecular weight excluding hydrogens is 320 g/mol. The fourth-order valence-corrected chi connectivity index (χ4v) is 2.41. The van der Waals surface area contributed by atoms with E-state index in [0.717, 1.165) is 5.56 Å². The van der Waals surface area contributed by atoms with Crippen molar-refractivity contribution in [3.63, 3.8) is 0 Å². The van der Waals surface area contributed by atoms with E-state index < -0.39 is 0 Å². The molecule has 2 heterocycles. The van der Waals surface area contributed by atoms with Crippen LogP contribution in [-0.4, -0.2) is 44.4 Å². The number of carbonyl (C=O) groups excluding carboxylic acids is 1. The van der Waals surface area contributed by atoms with Crippen LogP contribution in [0.1, 0.15) is 5.56 Å². The van der Waals surface area contributed by atoms with Crippen LogP contribution in [0.2, 0.25) is 0 Å². The van der Waals surface area contributed by atoms with Crippen LogP contribution in [0.3, 0.4) is 0 Å². The minimum Gasteiger partial charge on any atom is -0.357 e. The first kappa shape index (κ1) is 16.6. The van der Waals surface area contributed by atoms with Gasteiger partial charge in [-0.2, -0.15) is 0 Å². The normalized spacial score (nSPS) is 10.6. The van der Waals surface area contributed by atoms with Crippen molar-refractivity contribution in [1.82, 2.24) is 24.4 Å². The molecule has 0 unspecified atom stereocenters. The van der Waals surface area contributed by atoms with Crippen molar-refractivity contribution < 1.29 is 4.79 Å². The fourth-order valence-electron chi connectivity index (χ4n) is 2.41. The fraction of sp³-hybridized carbons (Fsp3) is 0.235. The average molecular weight is 338 g/mol. The highest BCUT2D eigenvalue weighted by molar-refractivity contribution is 5.78. The zero-order valence-corrected chi connectivity index (χ0v) is 14.0. The summed E-state index contributed by atoms with van der Waals surface area (Å²) in [6, 6.07) is 7.07. The molecule has 2 aromatic heterocycles. The van der Waals surface area contributed by atoms with E-state index >= 15 is 0 Å². The van der Waals surface area contributed by atoms with Gasteiger partial charge in [0, 0.05) is 38.6 Å². The maximum Gasteiger partial charge on any atom is 0.261 e. The minimum atomic E-state index is -0.228. The molecule has 8 nitrogen and oxygen atoms in total. The first-order chi connectivity index (χ1) is 12.1. The first-order valence-corrected chi connectivity index (χ1v) is 7.75. The smallest absolute Gasteiger partial charge is 0.261 e. The zero-order chi connectivity index (χ0) is 17.8. The Labute approximate surface area is 144 Å². The average Bonchev–Trinajstić information content (AvgIpc) is 2.64. The minimum absolute atomic E-state index is 0.0668. The lowest BCUT2D eigenvalue weighted by Crippen LogP contribution is -2.33. The first-order valence-electron chi connectivity index (χ1n) is 7.75. The molecule has 1 aromatic carbocycles. The van der Waals surface area contributed by atoms with Gasteiger partial charge in [0.2, 0.25) is 11.9 Å².